The van der Waals surface area contributed by atoms with Crippen molar-refractivity contribution in [3.63, 3.8) is 0 Å². The molecule has 0 radical (unpaired) electrons. The number of amides is 1. The van der Waals surface area contributed by atoms with Crippen LogP contribution in [0.1, 0.15) is 20.7 Å². The Balaban J connectivity index is 2.35. The van der Waals surface area contributed by atoms with Crippen molar-refractivity contribution in [2.75, 3.05) is 5.32 Å². The summed E-state index contributed by atoms with van der Waals surface area (Å²) in [4.78, 5) is 26.3. The van der Waals surface area contributed by atoms with Crippen molar-refractivity contribution in [3.05, 3.63) is 59.4 Å². The predicted molar refractivity (Wildman–Crippen MR) is 65.5 cm³/mol. The molecular formula is C13H8F2N2O3. The number of aromatic nitrogens is 1. The Labute approximate surface area is 111 Å². The van der Waals surface area contributed by atoms with Crippen LogP contribution in [-0.4, -0.2) is 22.0 Å². The van der Waals surface area contributed by atoms with E-state index in [0.29, 0.717) is 0 Å². The normalized spacial score (nSPS) is 10.1. The molecule has 0 aliphatic heterocycles. The zero-order valence-corrected chi connectivity index (χ0v) is 9.93. The summed E-state index contributed by atoms with van der Waals surface area (Å²) in [6.45, 7) is 0. The fraction of sp³-hybridized carbons (Fsp3) is 0. The largest absolute Gasteiger partial charge is 0.478 e. The second kappa shape index (κ2) is 5.43. The van der Waals surface area contributed by atoms with E-state index in [1.807, 2.05) is 0 Å². The van der Waals surface area contributed by atoms with Crippen molar-refractivity contribution in [1.29, 1.82) is 0 Å². The van der Waals surface area contributed by atoms with Crippen LogP contribution in [0.4, 0.5) is 14.5 Å². The zero-order valence-electron chi connectivity index (χ0n) is 9.93. The lowest BCUT2D eigenvalue weighted by Crippen LogP contribution is -2.16. The fourth-order valence-electron chi connectivity index (χ4n) is 1.56. The molecule has 0 aliphatic rings. The maximum Gasteiger partial charge on any atom is 0.337 e. The monoisotopic (exact) mass is 278 g/mol. The number of rotatable bonds is 3. The van der Waals surface area contributed by atoms with Gasteiger partial charge in [-0.15, -0.1) is 0 Å². The van der Waals surface area contributed by atoms with E-state index >= 15 is 0 Å². The molecule has 1 amide bonds. The Hall–Kier alpha value is -2.83. The molecule has 20 heavy (non-hydrogen) atoms. The number of aromatic carboxylic acids is 1. The molecule has 0 saturated carbocycles. The summed E-state index contributed by atoms with van der Waals surface area (Å²) in [6, 6.07) is 3.94. The molecule has 0 atom stereocenters. The number of nitrogens with one attached hydrogen (secondary N) is 1. The smallest absolute Gasteiger partial charge is 0.337 e. The molecule has 0 unspecified atom stereocenters. The van der Waals surface area contributed by atoms with E-state index in [1.54, 1.807) is 0 Å². The van der Waals surface area contributed by atoms with Gasteiger partial charge in [0.25, 0.3) is 5.91 Å². The van der Waals surface area contributed by atoms with Crippen molar-refractivity contribution in [2.24, 2.45) is 0 Å². The van der Waals surface area contributed by atoms with E-state index in [-0.39, 0.29) is 16.8 Å². The second-order valence-electron chi connectivity index (χ2n) is 3.80. The maximum atomic E-state index is 13.4. The molecule has 0 aliphatic carbocycles. The number of hydrogen-bond acceptors (Lipinski definition) is 3. The summed E-state index contributed by atoms with van der Waals surface area (Å²) in [5, 5.41) is 11.1. The van der Waals surface area contributed by atoms with Crippen molar-refractivity contribution in [1.82, 2.24) is 4.98 Å². The van der Waals surface area contributed by atoms with Gasteiger partial charge >= 0.3 is 5.97 Å². The van der Waals surface area contributed by atoms with E-state index in [9.17, 15) is 18.4 Å². The lowest BCUT2D eigenvalue weighted by molar-refractivity contribution is 0.0698. The first-order chi connectivity index (χ1) is 9.49. The molecule has 0 bridgehead atoms. The van der Waals surface area contributed by atoms with Gasteiger partial charge in [0.1, 0.15) is 5.82 Å². The molecule has 5 nitrogen and oxygen atoms in total. The van der Waals surface area contributed by atoms with Gasteiger partial charge in [0.15, 0.2) is 5.82 Å². The third-order valence-corrected chi connectivity index (χ3v) is 2.48. The number of carboxylic acids is 1. The Morgan fingerprint density at radius 1 is 1.15 bits per heavy atom. The average Bonchev–Trinajstić information content (AvgIpc) is 2.38. The molecule has 7 heteroatoms. The van der Waals surface area contributed by atoms with E-state index in [4.69, 9.17) is 5.11 Å². The van der Waals surface area contributed by atoms with Crippen LogP contribution in [0.2, 0.25) is 0 Å². The van der Waals surface area contributed by atoms with Gasteiger partial charge in [-0.25, -0.2) is 13.6 Å². The van der Waals surface area contributed by atoms with Crippen LogP contribution in [0.3, 0.4) is 0 Å². The van der Waals surface area contributed by atoms with E-state index in [0.717, 1.165) is 30.5 Å². The Kier molecular flexibility index (Phi) is 3.69. The molecule has 0 fully saturated rings. The SMILES string of the molecule is O=C(Nc1cc(F)ccc1C(=O)O)c1ccncc1F. The second-order valence-corrected chi connectivity index (χ2v) is 3.80. The van der Waals surface area contributed by atoms with Crippen molar-refractivity contribution < 1.29 is 23.5 Å². The Morgan fingerprint density at radius 3 is 2.55 bits per heavy atom. The number of benzene rings is 1. The van der Waals surface area contributed by atoms with Crippen LogP contribution in [0.15, 0.2) is 36.7 Å². The van der Waals surface area contributed by atoms with Gasteiger partial charge in [-0.3, -0.25) is 9.78 Å². The summed E-state index contributed by atoms with van der Waals surface area (Å²) < 4.78 is 26.5. The molecular weight excluding hydrogens is 270 g/mol. The zero-order chi connectivity index (χ0) is 14.7. The molecule has 0 spiro atoms. The topological polar surface area (TPSA) is 79.3 Å². The Bertz CT molecular complexity index is 689. The summed E-state index contributed by atoms with van der Waals surface area (Å²) >= 11 is 0. The highest BCUT2D eigenvalue weighted by Crippen LogP contribution is 2.18. The minimum absolute atomic E-state index is 0.251. The number of carbonyl (C=O) groups excluding carboxylic acids is 1. The number of anilines is 1. The standard InChI is InChI=1S/C13H8F2N2O3/c14-7-1-2-9(13(19)20)11(5-7)17-12(18)8-3-4-16-6-10(8)15/h1-6H,(H,17,18)(H,19,20). The van der Waals surface area contributed by atoms with Crippen LogP contribution in [0, 0.1) is 11.6 Å². The van der Waals surface area contributed by atoms with Crippen molar-refractivity contribution in [3.8, 4) is 0 Å². The Morgan fingerprint density at radius 2 is 1.90 bits per heavy atom. The first-order valence-corrected chi connectivity index (χ1v) is 5.42. The molecule has 2 N–H and O–H groups in total. The summed E-state index contributed by atoms with van der Waals surface area (Å²) in [5.74, 6) is -3.81. The molecule has 1 aromatic carbocycles. The van der Waals surface area contributed by atoms with Crippen LogP contribution in [0.5, 0.6) is 0 Å². The molecule has 1 aromatic heterocycles. The lowest BCUT2D eigenvalue weighted by atomic mass is 10.1. The molecule has 1 heterocycles. The first kappa shape index (κ1) is 13.6. The first-order valence-electron chi connectivity index (χ1n) is 5.42. The van der Waals surface area contributed by atoms with Gasteiger partial charge in [0.05, 0.1) is 23.0 Å². The lowest BCUT2D eigenvalue weighted by Gasteiger charge is -2.09. The number of pyridine rings is 1. The van der Waals surface area contributed by atoms with Crippen LogP contribution in [-0.2, 0) is 0 Å². The van der Waals surface area contributed by atoms with Gasteiger partial charge < -0.3 is 10.4 Å². The number of halogens is 2. The van der Waals surface area contributed by atoms with E-state index in [1.165, 1.54) is 6.20 Å². The third-order valence-electron chi connectivity index (χ3n) is 2.48. The van der Waals surface area contributed by atoms with E-state index < -0.39 is 23.5 Å². The van der Waals surface area contributed by atoms with Crippen molar-refractivity contribution in [2.45, 2.75) is 0 Å². The van der Waals surface area contributed by atoms with Gasteiger partial charge in [0, 0.05) is 6.20 Å². The molecule has 102 valence electrons. The summed E-state index contributed by atoms with van der Waals surface area (Å²) in [5.41, 5.74) is -0.867. The van der Waals surface area contributed by atoms with E-state index in [2.05, 4.69) is 10.3 Å². The van der Waals surface area contributed by atoms with Crippen LogP contribution in [0.25, 0.3) is 0 Å². The predicted octanol–water partition coefficient (Wildman–Crippen LogP) is 2.31. The summed E-state index contributed by atoms with van der Waals surface area (Å²) in [7, 11) is 0. The van der Waals surface area contributed by atoms with Gasteiger partial charge in [-0.2, -0.15) is 0 Å². The molecule has 2 rings (SSSR count). The highest BCUT2D eigenvalue weighted by Gasteiger charge is 2.16. The summed E-state index contributed by atoms with van der Waals surface area (Å²) in [6.07, 6.45) is 2.06. The van der Waals surface area contributed by atoms with Crippen LogP contribution >= 0.6 is 0 Å². The highest BCUT2D eigenvalue weighted by molar-refractivity contribution is 6.07. The van der Waals surface area contributed by atoms with Crippen molar-refractivity contribution >= 4 is 17.6 Å². The number of carboxylic acid groups (broad SMARTS) is 1. The quantitative estimate of drug-likeness (QED) is 0.903. The van der Waals surface area contributed by atoms with Gasteiger partial charge in [-0.1, -0.05) is 0 Å². The van der Waals surface area contributed by atoms with Gasteiger partial charge in [0.2, 0.25) is 0 Å². The van der Waals surface area contributed by atoms with Crippen LogP contribution < -0.4 is 5.32 Å². The number of hydrogen-bond donors (Lipinski definition) is 2. The molecule has 0 saturated heterocycles. The minimum Gasteiger partial charge on any atom is -0.478 e. The third kappa shape index (κ3) is 2.77. The fourth-order valence-corrected chi connectivity index (χ4v) is 1.56. The van der Waals surface area contributed by atoms with Gasteiger partial charge in [-0.05, 0) is 24.3 Å². The highest BCUT2D eigenvalue weighted by atomic mass is 19.1. The average molecular weight is 278 g/mol. The maximum absolute atomic E-state index is 13.4. The molecule has 2 aromatic rings. The number of carbonyl (C=O) groups is 2. The minimum atomic E-state index is -1.34. The number of nitrogens with zero attached hydrogens (tertiary/aromatic N) is 1.